The minimum atomic E-state index is -0.417. The summed E-state index contributed by atoms with van der Waals surface area (Å²) in [4.78, 5) is 16.2. The van der Waals surface area contributed by atoms with Crippen molar-refractivity contribution in [3.05, 3.63) is 95.9 Å². The first-order chi connectivity index (χ1) is 19.2. The summed E-state index contributed by atoms with van der Waals surface area (Å²) in [5.74, 6) is 0.983. The number of aryl methyl sites for hydroxylation is 2. The summed E-state index contributed by atoms with van der Waals surface area (Å²) in [6.07, 6.45) is 3.24. The number of methoxy groups -OCH3 is 1. The molecule has 4 aromatic carbocycles. The van der Waals surface area contributed by atoms with Crippen LogP contribution in [0.5, 0.6) is 5.75 Å². The molecule has 1 aromatic heterocycles. The zero-order valence-corrected chi connectivity index (χ0v) is 28.4. The Kier molecular flexibility index (Phi) is 10.0. The van der Waals surface area contributed by atoms with E-state index in [1.807, 2.05) is 53.8 Å². The fourth-order valence-corrected chi connectivity index (χ4v) is 4.71. The molecule has 42 heavy (non-hydrogen) atoms. The molecule has 0 saturated heterocycles. The van der Waals surface area contributed by atoms with Gasteiger partial charge in [0, 0.05) is 43.2 Å². The summed E-state index contributed by atoms with van der Waals surface area (Å²) in [7, 11) is 1.70. The van der Waals surface area contributed by atoms with Gasteiger partial charge >= 0.3 is 0 Å². The van der Waals surface area contributed by atoms with E-state index < -0.39 is 5.41 Å². The molecule has 1 radical (unpaired) electrons. The Morgan fingerprint density at radius 1 is 0.810 bits per heavy atom. The van der Waals surface area contributed by atoms with Crippen molar-refractivity contribution in [3.63, 3.8) is 0 Å². The Labute approximate surface area is 263 Å². The molecule has 0 saturated carbocycles. The Bertz CT molecular complexity index is 1770. The third-order valence-electron chi connectivity index (χ3n) is 7.14. The number of carbonyl (C=O) groups is 1. The van der Waals surface area contributed by atoms with Crippen LogP contribution < -0.4 is 4.74 Å². The van der Waals surface area contributed by atoms with Crippen molar-refractivity contribution < 1.29 is 34.7 Å². The second-order valence-corrected chi connectivity index (χ2v) is 12.7. The second-order valence-electron chi connectivity index (χ2n) is 12.7. The Balaban J connectivity index is 0.000000297. The molecule has 0 amide bonds. The van der Waals surface area contributed by atoms with Gasteiger partial charge in [-0.25, -0.2) is 0 Å². The van der Waals surface area contributed by atoms with Gasteiger partial charge < -0.3 is 14.8 Å². The van der Waals surface area contributed by atoms with E-state index in [2.05, 4.69) is 74.5 Å². The fraction of sp³-hybridized carbons (Fsp3) is 0.297. The maximum atomic E-state index is 11.5. The minimum Gasteiger partial charge on any atom is -0.512 e. The number of allylic oxidation sites excluding steroid dienone is 2. The monoisotopic (exact) mass is 739 g/mol. The fourth-order valence-electron chi connectivity index (χ4n) is 4.71. The normalized spacial score (nSPS) is 12.1. The molecule has 0 atom stereocenters. The smallest absolute Gasteiger partial charge is 0.164 e. The van der Waals surface area contributed by atoms with Gasteiger partial charge in [-0.3, -0.25) is 4.79 Å². The van der Waals surface area contributed by atoms with E-state index in [4.69, 9.17) is 9.72 Å². The molecule has 221 valence electrons. The summed E-state index contributed by atoms with van der Waals surface area (Å²) in [5, 5.41) is 16.8. The van der Waals surface area contributed by atoms with Crippen molar-refractivity contribution in [2.45, 2.75) is 55.4 Å². The number of aliphatic hydroxyl groups is 1. The minimum absolute atomic E-state index is 0. The number of hydrogen-bond donors (Lipinski definition) is 1. The molecule has 5 heteroatoms. The first-order valence-electron chi connectivity index (χ1n) is 13.9. The number of benzene rings is 4. The standard InChI is InChI=1S/C26H20NO.C11H20O2.Ir/c1-16-12-17(2)14-19(13-16)26-25-9-8-22-21-7-5-20(28-3)15-18(21)4-6-23(22)24(25)10-11-27-26;1-10(2,3)8(12)7-9(13)11(4,5)6;/h4-13,15H,1-3H3;7,12H,1-6H3;/q-1;;/b;8-7-;. The van der Waals surface area contributed by atoms with Crippen LogP contribution in [0.1, 0.15) is 52.7 Å². The molecule has 0 fully saturated rings. The average Bonchev–Trinajstić information content (AvgIpc) is 2.90. The summed E-state index contributed by atoms with van der Waals surface area (Å²) < 4.78 is 5.38. The van der Waals surface area contributed by atoms with Gasteiger partial charge in [0.25, 0.3) is 0 Å². The number of carbonyl (C=O) groups excluding carboxylic acids is 1. The van der Waals surface area contributed by atoms with Crippen molar-refractivity contribution >= 4 is 38.1 Å². The van der Waals surface area contributed by atoms with Crippen molar-refractivity contribution in [1.82, 2.24) is 4.98 Å². The van der Waals surface area contributed by atoms with Gasteiger partial charge in [0.2, 0.25) is 0 Å². The van der Waals surface area contributed by atoms with Crippen LogP contribution in [0, 0.1) is 30.7 Å². The topological polar surface area (TPSA) is 59.4 Å². The van der Waals surface area contributed by atoms with Gasteiger partial charge in [-0.05, 0) is 56.2 Å². The molecule has 1 N–H and O–H groups in total. The summed E-state index contributed by atoms with van der Waals surface area (Å²) in [6, 6.07) is 24.9. The molecular formula is C37H40IrNO3-. The third-order valence-corrected chi connectivity index (χ3v) is 7.14. The van der Waals surface area contributed by atoms with Crippen molar-refractivity contribution in [3.8, 4) is 17.0 Å². The van der Waals surface area contributed by atoms with Crippen molar-refractivity contribution in [2.75, 3.05) is 7.11 Å². The van der Waals surface area contributed by atoms with E-state index in [9.17, 15) is 9.90 Å². The second kappa shape index (κ2) is 12.8. The van der Waals surface area contributed by atoms with Crippen LogP contribution in [0.15, 0.2) is 78.7 Å². The Morgan fingerprint density at radius 3 is 2.02 bits per heavy atom. The van der Waals surface area contributed by atoms with Gasteiger partial charge in [0.1, 0.15) is 11.5 Å². The van der Waals surface area contributed by atoms with E-state index in [1.165, 1.54) is 38.6 Å². The number of rotatable bonds is 3. The summed E-state index contributed by atoms with van der Waals surface area (Å²) >= 11 is 0. The molecule has 0 aliphatic heterocycles. The number of fused-ring (bicyclic) bond motifs is 5. The van der Waals surface area contributed by atoms with Crippen LogP contribution in [0.4, 0.5) is 0 Å². The van der Waals surface area contributed by atoms with Crippen LogP contribution in [-0.4, -0.2) is 23.0 Å². The van der Waals surface area contributed by atoms with E-state index in [1.54, 1.807) is 7.11 Å². The molecular weight excluding hydrogens is 699 g/mol. The molecule has 1 heterocycles. The number of ketones is 1. The molecule has 0 bridgehead atoms. The Hall–Kier alpha value is -3.53. The van der Waals surface area contributed by atoms with Crippen LogP contribution in [0.2, 0.25) is 0 Å². The average molecular weight is 739 g/mol. The maximum absolute atomic E-state index is 11.5. The number of aromatic nitrogens is 1. The molecule has 5 rings (SSSR count). The van der Waals surface area contributed by atoms with Gasteiger partial charge in [0.05, 0.1) is 7.11 Å². The first kappa shape index (κ1) is 33.0. The number of aliphatic hydroxyl groups excluding tert-OH is 1. The quantitative estimate of drug-likeness (QED) is 0.0867. The molecule has 4 nitrogen and oxygen atoms in total. The number of ether oxygens (including phenoxy) is 1. The van der Waals surface area contributed by atoms with Gasteiger partial charge in [-0.15, -0.1) is 34.9 Å². The van der Waals surface area contributed by atoms with Crippen molar-refractivity contribution in [2.24, 2.45) is 10.8 Å². The van der Waals surface area contributed by atoms with Crippen LogP contribution >= 0.6 is 0 Å². The largest absolute Gasteiger partial charge is 0.512 e. The summed E-state index contributed by atoms with van der Waals surface area (Å²) in [5.41, 5.74) is 3.63. The molecule has 0 unspecified atom stereocenters. The van der Waals surface area contributed by atoms with Gasteiger partial charge in [0.15, 0.2) is 5.78 Å². The van der Waals surface area contributed by atoms with E-state index in [0.717, 1.165) is 28.0 Å². The third kappa shape index (κ3) is 7.26. The molecule has 5 aromatic rings. The maximum Gasteiger partial charge on any atom is 0.164 e. The van der Waals surface area contributed by atoms with Gasteiger partial charge in [-0.2, -0.15) is 0 Å². The number of hydrogen-bond acceptors (Lipinski definition) is 4. The van der Waals surface area contributed by atoms with Gasteiger partial charge in [-0.1, -0.05) is 85.7 Å². The summed E-state index contributed by atoms with van der Waals surface area (Å²) in [6.45, 7) is 15.3. The molecule has 0 aliphatic rings. The number of nitrogens with zero attached hydrogens (tertiary/aromatic N) is 1. The van der Waals surface area contributed by atoms with Crippen molar-refractivity contribution in [1.29, 1.82) is 0 Å². The van der Waals surface area contributed by atoms with Crippen LogP contribution in [0.3, 0.4) is 0 Å². The van der Waals surface area contributed by atoms with E-state index >= 15 is 0 Å². The first-order valence-corrected chi connectivity index (χ1v) is 13.9. The zero-order chi connectivity index (χ0) is 30.1. The Morgan fingerprint density at radius 2 is 1.40 bits per heavy atom. The predicted molar refractivity (Wildman–Crippen MR) is 172 cm³/mol. The predicted octanol–water partition coefficient (Wildman–Crippen LogP) is 9.72. The molecule has 0 spiro atoms. The van der Waals surface area contributed by atoms with E-state index in [0.29, 0.717) is 0 Å². The molecule has 0 aliphatic carbocycles. The zero-order valence-electron chi connectivity index (χ0n) is 26.0. The van der Waals surface area contributed by atoms with E-state index in [-0.39, 0.29) is 37.1 Å². The van der Waals surface area contributed by atoms with Crippen LogP contribution in [-0.2, 0) is 24.9 Å². The van der Waals surface area contributed by atoms with Crippen LogP contribution in [0.25, 0.3) is 43.6 Å². The number of pyridine rings is 1. The SMILES string of the molecule is CC(C)(C)C(=O)/C=C(\O)C(C)(C)C.COc1ccc2c(ccc3c4ccnc(-c5[c-]c(C)cc(C)c5)c4ccc23)c1.[Ir].